The number of carbonyl (C=O) groups excluding carboxylic acids is 2. The van der Waals surface area contributed by atoms with Crippen molar-refractivity contribution in [2.24, 2.45) is 0 Å². The topological polar surface area (TPSA) is 49.4 Å². The van der Waals surface area contributed by atoms with Crippen LogP contribution in [0.25, 0.3) is 0 Å². The Morgan fingerprint density at radius 3 is 2.32 bits per heavy atom. The van der Waals surface area contributed by atoms with E-state index in [-0.39, 0.29) is 17.9 Å². The van der Waals surface area contributed by atoms with Crippen LogP contribution in [0.3, 0.4) is 0 Å². The second-order valence-corrected chi connectivity index (χ2v) is 6.31. The molecule has 2 aliphatic rings. The Kier molecular flexibility index (Phi) is 3.63. The van der Waals surface area contributed by atoms with Gasteiger partial charge < -0.3 is 10.2 Å². The fourth-order valence-electron chi connectivity index (χ4n) is 3.46. The monoisotopic (exact) mass is 266 g/mol. The second kappa shape index (κ2) is 4.80. The molecule has 0 bridgehead atoms. The highest BCUT2D eigenvalue weighted by Gasteiger charge is 2.58. The second-order valence-electron chi connectivity index (χ2n) is 6.31. The van der Waals surface area contributed by atoms with Crippen LogP contribution in [0.2, 0.25) is 0 Å². The van der Waals surface area contributed by atoms with Gasteiger partial charge in [-0.15, -0.1) is 0 Å². The molecule has 1 N–H and O–H groups in total. The molecule has 1 saturated heterocycles. The van der Waals surface area contributed by atoms with E-state index in [4.69, 9.17) is 0 Å². The smallest absolute Gasteiger partial charge is 0.249 e. The summed E-state index contributed by atoms with van der Waals surface area (Å²) in [5, 5.41) is 3.00. The molecule has 2 rings (SSSR count). The summed E-state index contributed by atoms with van der Waals surface area (Å²) in [6.45, 7) is 7.95. The molecule has 4 nitrogen and oxygen atoms in total. The lowest BCUT2D eigenvalue weighted by molar-refractivity contribution is -0.166. The van der Waals surface area contributed by atoms with Gasteiger partial charge in [0.15, 0.2) is 0 Å². The molecule has 1 heterocycles. The first kappa shape index (κ1) is 14.4. The number of rotatable bonds is 3. The van der Waals surface area contributed by atoms with E-state index in [1.807, 2.05) is 18.7 Å². The molecular weight excluding hydrogens is 240 g/mol. The SMILES string of the molecule is CCC(C)N1C(=O)C(C)(CC)NC(=O)C12CCCC2. The van der Waals surface area contributed by atoms with Crippen LogP contribution in [0.5, 0.6) is 0 Å². The molecule has 2 fully saturated rings. The summed E-state index contributed by atoms with van der Waals surface area (Å²) in [5.41, 5.74) is -1.30. The zero-order chi connectivity index (χ0) is 14.3. The Morgan fingerprint density at radius 2 is 1.84 bits per heavy atom. The van der Waals surface area contributed by atoms with Crippen molar-refractivity contribution < 1.29 is 9.59 Å². The van der Waals surface area contributed by atoms with Gasteiger partial charge in [-0.25, -0.2) is 0 Å². The molecule has 1 aliphatic heterocycles. The van der Waals surface area contributed by atoms with E-state index < -0.39 is 11.1 Å². The van der Waals surface area contributed by atoms with E-state index in [1.54, 1.807) is 0 Å². The molecule has 4 heteroatoms. The number of piperazine rings is 1. The maximum absolute atomic E-state index is 12.9. The van der Waals surface area contributed by atoms with Crippen molar-refractivity contribution in [3.05, 3.63) is 0 Å². The average Bonchev–Trinajstić information content (AvgIpc) is 2.87. The highest BCUT2D eigenvalue weighted by atomic mass is 16.2. The normalized spacial score (nSPS) is 31.7. The van der Waals surface area contributed by atoms with E-state index in [0.29, 0.717) is 6.42 Å². The lowest BCUT2D eigenvalue weighted by atomic mass is 9.82. The van der Waals surface area contributed by atoms with Gasteiger partial charge in [-0.2, -0.15) is 0 Å². The minimum Gasteiger partial charge on any atom is -0.340 e. The van der Waals surface area contributed by atoms with Crippen molar-refractivity contribution in [3.8, 4) is 0 Å². The predicted octanol–water partition coefficient (Wildman–Crippen LogP) is 2.22. The van der Waals surface area contributed by atoms with Gasteiger partial charge >= 0.3 is 0 Å². The number of nitrogens with zero attached hydrogens (tertiary/aromatic N) is 1. The number of carbonyl (C=O) groups is 2. The van der Waals surface area contributed by atoms with Crippen LogP contribution in [-0.2, 0) is 9.59 Å². The first-order valence-corrected chi connectivity index (χ1v) is 7.57. The van der Waals surface area contributed by atoms with Gasteiger partial charge in [0.25, 0.3) is 0 Å². The summed E-state index contributed by atoms with van der Waals surface area (Å²) in [4.78, 5) is 27.5. The molecule has 1 spiro atoms. The van der Waals surface area contributed by atoms with Gasteiger partial charge in [0.2, 0.25) is 11.8 Å². The predicted molar refractivity (Wildman–Crippen MR) is 74.6 cm³/mol. The van der Waals surface area contributed by atoms with E-state index in [2.05, 4.69) is 19.2 Å². The summed E-state index contributed by atoms with van der Waals surface area (Å²) in [5.74, 6) is 0.167. The van der Waals surface area contributed by atoms with Gasteiger partial charge in [-0.3, -0.25) is 9.59 Å². The Morgan fingerprint density at radius 1 is 1.26 bits per heavy atom. The first-order valence-electron chi connectivity index (χ1n) is 7.57. The fourth-order valence-corrected chi connectivity index (χ4v) is 3.46. The van der Waals surface area contributed by atoms with Crippen LogP contribution in [0.15, 0.2) is 0 Å². The largest absolute Gasteiger partial charge is 0.340 e. The lowest BCUT2D eigenvalue weighted by Gasteiger charge is -2.52. The Balaban J connectivity index is 2.45. The lowest BCUT2D eigenvalue weighted by Crippen LogP contribution is -2.75. The van der Waals surface area contributed by atoms with Crippen molar-refractivity contribution in [1.29, 1.82) is 0 Å². The van der Waals surface area contributed by atoms with Crippen LogP contribution >= 0.6 is 0 Å². The minimum atomic E-state index is -0.728. The highest BCUT2D eigenvalue weighted by Crippen LogP contribution is 2.42. The van der Waals surface area contributed by atoms with E-state index in [9.17, 15) is 9.59 Å². The van der Waals surface area contributed by atoms with Crippen LogP contribution in [-0.4, -0.2) is 33.8 Å². The molecule has 108 valence electrons. The van der Waals surface area contributed by atoms with Gasteiger partial charge in [-0.1, -0.05) is 26.7 Å². The minimum absolute atomic E-state index is 0.0641. The average molecular weight is 266 g/mol. The Bertz CT molecular complexity index is 388. The molecular formula is C15H26N2O2. The molecule has 0 aromatic rings. The summed E-state index contributed by atoms with van der Waals surface area (Å²) < 4.78 is 0. The van der Waals surface area contributed by atoms with Crippen LogP contribution < -0.4 is 5.32 Å². The molecule has 1 aliphatic carbocycles. The molecule has 19 heavy (non-hydrogen) atoms. The maximum Gasteiger partial charge on any atom is 0.249 e. The first-order chi connectivity index (χ1) is 8.91. The third kappa shape index (κ3) is 1.96. The molecule has 0 aromatic carbocycles. The summed E-state index contributed by atoms with van der Waals surface area (Å²) >= 11 is 0. The Hall–Kier alpha value is -1.06. The van der Waals surface area contributed by atoms with E-state index >= 15 is 0 Å². The zero-order valence-electron chi connectivity index (χ0n) is 12.6. The molecule has 2 atom stereocenters. The van der Waals surface area contributed by atoms with Gasteiger partial charge in [0.05, 0.1) is 0 Å². The van der Waals surface area contributed by atoms with Crippen molar-refractivity contribution in [1.82, 2.24) is 10.2 Å². The third-order valence-corrected chi connectivity index (χ3v) is 5.13. The molecule has 1 saturated carbocycles. The summed E-state index contributed by atoms with van der Waals surface area (Å²) in [6.07, 6.45) is 5.23. The summed E-state index contributed by atoms with van der Waals surface area (Å²) in [7, 11) is 0. The van der Waals surface area contributed by atoms with Crippen molar-refractivity contribution >= 4 is 11.8 Å². The van der Waals surface area contributed by atoms with Crippen molar-refractivity contribution in [2.75, 3.05) is 0 Å². The standard InChI is InChI=1S/C15H26N2O2/c1-5-11(3)17-13(19)14(4,6-2)16-12(18)15(17)9-7-8-10-15/h11H,5-10H2,1-4H3,(H,16,18). The quantitative estimate of drug-likeness (QED) is 0.851. The number of amides is 2. The molecule has 0 radical (unpaired) electrons. The zero-order valence-corrected chi connectivity index (χ0v) is 12.6. The number of nitrogens with one attached hydrogen (secondary N) is 1. The van der Waals surface area contributed by atoms with Crippen molar-refractivity contribution in [3.63, 3.8) is 0 Å². The Labute approximate surface area is 115 Å². The molecule has 0 aromatic heterocycles. The molecule has 2 amide bonds. The van der Waals surface area contributed by atoms with Gasteiger partial charge in [0.1, 0.15) is 11.1 Å². The van der Waals surface area contributed by atoms with E-state index in [0.717, 1.165) is 32.1 Å². The fraction of sp³-hybridized carbons (Fsp3) is 0.867. The van der Waals surface area contributed by atoms with E-state index in [1.165, 1.54) is 0 Å². The molecule has 2 unspecified atom stereocenters. The third-order valence-electron chi connectivity index (χ3n) is 5.13. The number of hydrogen-bond donors (Lipinski definition) is 1. The van der Waals surface area contributed by atoms with Crippen LogP contribution in [0.1, 0.15) is 66.2 Å². The van der Waals surface area contributed by atoms with Crippen LogP contribution in [0.4, 0.5) is 0 Å². The van der Waals surface area contributed by atoms with Gasteiger partial charge in [0, 0.05) is 6.04 Å². The van der Waals surface area contributed by atoms with Crippen LogP contribution in [0, 0.1) is 0 Å². The van der Waals surface area contributed by atoms with Gasteiger partial charge in [-0.05, 0) is 39.5 Å². The maximum atomic E-state index is 12.9. The highest BCUT2D eigenvalue weighted by molar-refractivity contribution is 6.02. The number of hydrogen-bond acceptors (Lipinski definition) is 2. The summed E-state index contributed by atoms with van der Waals surface area (Å²) in [6, 6.07) is 0.127. The van der Waals surface area contributed by atoms with Crippen molar-refractivity contribution in [2.45, 2.75) is 83.3 Å².